The van der Waals surface area contributed by atoms with Crippen molar-refractivity contribution in [1.82, 2.24) is 10.2 Å². The first-order chi connectivity index (χ1) is 10.6. The van der Waals surface area contributed by atoms with Crippen LogP contribution < -0.4 is 5.32 Å². The van der Waals surface area contributed by atoms with Crippen LogP contribution in [0.15, 0.2) is 30.6 Å². The Hall–Kier alpha value is -3.27. The van der Waals surface area contributed by atoms with E-state index in [-0.39, 0.29) is 0 Å². The fourth-order valence-corrected chi connectivity index (χ4v) is 1.53. The van der Waals surface area contributed by atoms with Crippen LogP contribution in [-0.2, 0) is 9.59 Å². The molecule has 0 fully saturated rings. The maximum atomic E-state index is 11.6. The topological polar surface area (TPSA) is 72.0 Å². The summed E-state index contributed by atoms with van der Waals surface area (Å²) in [5, 5.41) is 11.3. The minimum absolute atomic E-state index is 0.506. The van der Waals surface area contributed by atoms with Crippen LogP contribution in [0.25, 0.3) is 10.8 Å². The Morgan fingerprint density at radius 1 is 0.955 bits per heavy atom. The molecule has 0 bridgehead atoms. The van der Waals surface area contributed by atoms with Crippen molar-refractivity contribution in [3.8, 4) is 35.5 Å². The van der Waals surface area contributed by atoms with Crippen molar-refractivity contribution in [2.45, 2.75) is 0 Å². The number of aromatic nitrogens is 2. The molecule has 1 amide bonds. The standard InChI is InChI=1S/C16H7N3O2S/c20-15(5-3-1-2-4-6-16(21)22)19-14-8-7-12-10-17-18-11-13(12)9-14/h7-11H,(H,19,20)(H,21,22). The Balaban J connectivity index is 2.03. The summed E-state index contributed by atoms with van der Waals surface area (Å²) < 4.78 is 0. The Morgan fingerprint density at radius 2 is 1.64 bits per heavy atom. The van der Waals surface area contributed by atoms with Gasteiger partial charge in [-0.15, -0.1) is 0 Å². The van der Waals surface area contributed by atoms with E-state index in [1.165, 1.54) is 0 Å². The Morgan fingerprint density at radius 3 is 2.36 bits per heavy atom. The zero-order valence-corrected chi connectivity index (χ0v) is 11.9. The average Bonchev–Trinajstić information content (AvgIpc) is 2.50. The number of benzene rings is 1. The highest BCUT2D eigenvalue weighted by Crippen LogP contribution is 2.16. The van der Waals surface area contributed by atoms with Gasteiger partial charge >= 0.3 is 5.91 Å². The number of carbonyl (C=O) groups excluding carboxylic acids is 2. The molecular formula is C16H7N3O2S. The molecule has 6 heteroatoms. The van der Waals surface area contributed by atoms with Crippen LogP contribution in [0.5, 0.6) is 0 Å². The molecule has 2 rings (SSSR count). The first-order valence-corrected chi connectivity index (χ1v) is 6.36. The molecule has 1 heterocycles. The van der Waals surface area contributed by atoms with Crippen LogP contribution in [0.4, 0.5) is 5.69 Å². The second-order valence-corrected chi connectivity index (χ2v) is 4.25. The van der Waals surface area contributed by atoms with E-state index in [9.17, 15) is 9.59 Å². The molecule has 104 valence electrons. The first kappa shape index (κ1) is 15.1. The fraction of sp³-hybridized carbons (Fsp3) is 0. The summed E-state index contributed by atoms with van der Waals surface area (Å²) in [6.07, 6.45) is 3.23. The molecule has 1 aromatic heterocycles. The molecule has 0 atom stereocenters. The fourth-order valence-electron chi connectivity index (χ4n) is 1.47. The van der Waals surface area contributed by atoms with Gasteiger partial charge in [0, 0.05) is 22.4 Å². The molecule has 0 unspecified atom stereocenters. The van der Waals surface area contributed by atoms with Crippen LogP contribution in [0.1, 0.15) is 0 Å². The second-order valence-electron chi connectivity index (χ2n) is 3.84. The van der Waals surface area contributed by atoms with E-state index >= 15 is 0 Å². The van der Waals surface area contributed by atoms with E-state index in [1.54, 1.807) is 24.5 Å². The number of nitrogens with zero attached hydrogens (tertiary/aromatic N) is 2. The van der Waals surface area contributed by atoms with Crippen molar-refractivity contribution in [2.75, 3.05) is 5.32 Å². The molecule has 0 aliphatic heterocycles. The normalized spacial score (nSPS) is 8.41. The summed E-state index contributed by atoms with van der Waals surface area (Å²) in [6, 6.07) is 5.31. The maximum Gasteiger partial charge on any atom is 0.301 e. The predicted molar refractivity (Wildman–Crippen MR) is 85.5 cm³/mol. The molecule has 2 aromatic rings. The van der Waals surface area contributed by atoms with Crippen LogP contribution in [-0.4, -0.2) is 21.2 Å². The van der Waals surface area contributed by atoms with Crippen molar-refractivity contribution in [3.05, 3.63) is 30.6 Å². The third kappa shape index (κ3) is 4.68. The van der Waals surface area contributed by atoms with E-state index in [4.69, 9.17) is 0 Å². The van der Waals surface area contributed by atoms with Crippen LogP contribution in [0.3, 0.4) is 0 Å². The number of amides is 1. The monoisotopic (exact) mass is 305 g/mol. The van der Waals surface area contributed by atoms with E-state index in [0.29, 0.717) is 5.69 Å². The lowest BCUT2D eigenvalue weighted by Gasteiger charge is -2.02. The van der Waals surface area contributed by atoms with Gasteiger partial charge in [-0.2, -0.15) is 10.2 Å². The minimum atomic E-state index is -0.582. The lowest BCUT2D eigenvalue weighted by atomic mass is 10.2. The van der Waals surface area contributed by atoms with Gasteiger partial charge in [-0.25, -0.2) is 0 Å². The van der Waals surface area contributed by atoms with E-state index in [1.807, 2.05) is 6.07 Å². The molecule has 0 saturated heterocycles. The zero-order chi connectivity index (χ0) is 15.8. The highest BCUT2D eigenvalue weighted by molar-refractivity contribution is 7.97. The smallest absolute Gasteiger partial charge is 0.301 e. The molecule has 0 spiro atoms. The summed E-state index contributed by atoms with van der Waals surface area (Å²) >= 11 is 3.45. The minimum Gasteiger partial charge on any atom is -0.315 e. The van der Waals surface area contributed by atoms with E-state index < -0.39 is 11.0 Å². The number of hydrogen-bond donors (Lipinski definition) is 2. The highest BCUT2D eigenvalue weighted by atomic mass is 32.1. The van der Waals surface area contributed by atoms with Gasteiger partial charge in [0.25, 0.3) is 5.12 Å². The van der Waals surface area contributed by atoms with Crippen molar-refractivity contribution in [1.29, 1.82) is 0 Å². The lowest BCUT2D eigenvalue weighted by molar-refractivity contribution is -0.111. The first-order valence-electron chi connectivity index (χ1n) is 5.91. The van der Waals surface area contributed by atoms with Gasteiger partial charge in [-0.3, -0.25) is 9.59 Å². The molecule has 1 N–H and O–H groups in total. The third-order valence-electron chi connectivity index (χ3n) is 2.34. The molecule has 1 aromatic carbocycles. The number of nitrogens with one attached hydrogen (secondary N) is 1. The van der Waals surface area contributed by atoms with Gasteiger partial charge in [-0.05, 0) is 41.7 Å². The predicted octanol–water partition coefficient (Wildman–Crippen LogP) is 1.03. The van der Waals surface area contributed by atoms with Gasteiger partial charge in [0.1, 0.15) is 0 Å². The summed E-state index contributed by atoms with van der Waals surface area (Å²) in [4.78, 5) is 22.0. The summed E-state index contributed by atoms with van der Waals surface area (Å²) in [5.74, 6) is 13.1. The second kappa shape index (κ2) is 7.50. The SMILES string of the molecule is O=C(S)C#CC#CC#CC(=O)Nc1ccc2cnncc2c1. The summed E-state index contributed by atoms with van der Waals surface area (Å²) in [6.45, 7) is 0. The number of carbonyl (C=O) groups is 2. The van der Waals surface area contributed by atoms with Crippen molar-refractivity contribution >= 4 is 40.1 Å². The highest BCUT2D eigenvalue weighted by Gasteiger charge is 1.99. The number of thiol groups is 1. The Kier molecular flexibility index (Phi) is 5.15. The molecule has 0 saturated carbocycles. The quantitative estimate of drug-likeness (QED) is 0.610. The Bertz CT molecular complexity index is 934. The van der Waals surface area contributed by atoms with Crippen molar-refractivity contribution < 1.29 is 9.59 Å². The maximum absolute atomic E-state index is 11.6. The van der Waals surface area contributed by atoms with Gasteiger partial charge in [-0.1, -0.05) is 18.7 Å². The molecular weight excluding hydrogens is 298 g/mol. The summed E-state index contributed by atoms with van der Waals surface area (Å²) in [5.41, 5.74) is 0.591. The van der Waals surface area contributed by atoms with Gasteiger partial charge in [0.15, 0.2) is 0 Å². The van der Waals surface area contributed by atoms with Crippen molar-refractivity contribution in [3.63, 3.8) is 0 Å². The van der Waals surface area contributed by atoms with Crippen molar-refractivity contribution in [2.24, 2.45) is 0 Å². The Labute approximate surface area is 131 Å². The molecule has 0 aliphatic rings. The average molecular weight is 305 g/mol. The molecule has 22 heavy (non-hydrogen) atoms. The number of anilines is 1. The van der Waals surface area contributed by atoms with Crippen LogP contribution in [0, 0.1) is 35.5 Å². The largest absolute Gasteiger partial charge is 0.315 e. The van der Waals surface area contributed by atoms with Gasteiger partial charge < -0.3 is 5.32 Å². The van der Waals surface area contributed by atoms with Gasteiger partial charge in [0.2, 0.25) is 0 Å². The van der Waals surface area contributed by atoms with Crippen LogP contribution in [0.2, 0.25) is 0 Å². The number of rotatable bonds is 1. The number of fused-ring (bicyclic) bond motifs is 1. The van der Waals surface area contributed by atoms with E-state index in [2.05, 4.69) is 63.7 Å². The van der Waals surface area contributed by atoms with Crippen LogP contribution >= 0.6 is 12.6 Å². The zero-order valence-electron chi connectivity index (χ0n) is 11.0. The van der Waals surface area contributed by atoms with E-state index in [0.717, 1.165) is 10.8 Å². The van der Waals surface area contributed by atoms with Gasteiger partial charge in [0.05, 0.1) is 12.4 Å². The molecule has 0 aliphatic carbocycles. The molecule has 5 nitrogen and oxygen atoms in total. The lowest BCUT2D eigenvalue weighted by Crippen LogP contribution is -2.08. The number of hydrogen-bond acceptors (Lipinski definition) is 4. The summed E-state index contributed by atoms with van der Waals surface area (Å²) in [7, 11) is 0. The molecule has 0 radical (unpaired) electrons. The third-order valence-corrected chi connectivity index (χ3v) is 2.45.